The minimum atomic E-state index is -0.781. The minimum Gasteiger partial charge on any atom is -0.267 e. The number of hydrazine groups is 1. The third-order valence-electron chi connectivity index (χ3n) is 4.24. The maximum atomic E-state index is 12.3. The zero-order chi connectivity index (χ0) is 18.8. The molecule has 1 atom stereocenters. The molecular formula is C17H16ClN3O4S. The number of nitrogens with one attached hydrogen (secondary N) is 2. The van der Waals surface area contributed by atoms with Gasteiger partial charge in [-0.3, -0.25) is 30.6 Å². The molecule has 136 valence electrons. The molecule has 9 heteroatoms. The number of aryl methyl sites for hydroxylation is 1. The van der Waals surface area contributed by atoms with Crippen molar-refractivity contribution in [2.24, 2.45) is 5.92 Å². The standard InChI is InChI=1S/C17H16ClN3O4S/c1-9-2-5-14-10(6-9)7-15(26-14)17(23)20-19-16(22)12-4-3-11(18)8-13(12)21(24)25/h3-4,7-9H,2,5-6H2,1H3,(H,19,22)(H,20,23)/t9-/m0/s1. The van der Waals surface area contributed by atoms with Crippen LogP contribution in [0.2, 0.25) is 5.02 Å². The van der Waals surface area contributed by atoms with Crippen molar-refractivity contribution in [3.63, 3.8) is 0 Å². The van der Waals surface area contributed by atoms with Crippen LogP contribution in [0.1, 0.15) is 43.8 Å². The monoisotopic (exact) mass is 393 g/mol. The summed E-state index contributed by atoms with van der Waals surface area (Å²) in [5, 5.41) is 11.2. The van der Waals surface area contributed by atoms with Gasteiger partial charge in [-0.1, -0.05) is 18.5 Å². The largest absolute Gasteiger partial charge is 0.283 e. The number of benzene rings is 1. The van der Waals surface area contributed by atoms with E-state index in [9.17, 15) is 19.7 Å². The Bertz CT molecular complexity index is 896. The first-order valence-corrected chi connectivity index (χ1v) is 9.21. The quantitative estimate of drug-likeness (QED) is 0.615. The number of hydrogen-bond donors (Lipinski definition) is 2. The number of amides is 2. The van der Waals surface area contributed by atoms with Gasteiger partial charge >= 0.3 is 0 Å². The number of carbonyl (C=O) groups excluding carboxylic acids is 2. The predicted octanol–water partition coefficient (Wildman–Crippen LogP) is 3.51. The van der Waals surface area contributed by atoms with Gasteiger partial charge in [0.25, 0.3) is 17.5 Å². The SMILES string of the molecule is C[C@H]1CCc2sc(C(=O)NNC(=O)c3ccc(Cl)cc3[N+](=O)[O-])cc2C1. The van der Waals surface area contributed by atoms with Crippen LogP contribution in [-0.2, 0) is 12.8 Å². The third kappa shape index (κ3) is 3.86. The van der Waals surface area contributed by atoms with Crippen LogP contribution < -0.4 is 10.9 Å². The lowest BCUT2D eigenvalue weighted by molar-refractivity contribution is -0.385. The minimum absolute atomic E-state index is 0.149. The summed E-state index contributed by atoms with van der Waals surface area (Å²) in [6.45, 7) is 2.18. The van der Waals surface area contributed by atoms with Crippen LogP contribution in [0, 0.1) is 16.0 Å². The van der Waals surface area contributed by atoms with Crippen LogP contribution in [0.4, 0.5) is 5.69 Å². The molecule has 7 nitrogen and oxygen atoms in total. The highest BCUT2D eigenvalue weighted by atomic mass is 35.5. The lowest BCUT2D eigenvalue weighted by Crippen LogP contribution is -2.41. The molecule has 0 fully saturated rings. The van der Waals surface area contributed by atoms with Gasteiger partial charge in [-0.15, -0.1) is 11.3 Å². The molecule has 0 saturated carbocycles. The van der Waals surface area contributed by atoms with Crippen LogP contribution in [0.5, 0.6) is 0 Å². The number of nitro benzene ring substituents is 1. The molecule has 2 aromatic rings. The molecule has 0 saturated heterocycles. The van der Waals surface area contributed by atoms with Crippen molar-refractivity contribution in [3.05, 3.63) is 60.3 Å². The van der Waals surface area contributed by atoms with Gasteiger partial charge in [0.15, 0.2) is 0 Å². The summed E-state index contributed by atoms with van der Waals surface area (Å²) in [5.41, 5.74) is 5.11. The van der Waals surface area contributed by atoms with Crippen molar-refractivity contribution in [2.45, 2.75) is 26.2 Å². The van der Waals surface area contributed by atoms with Gasteiger partial charge in [-0.25, -0.2) is 0 Å². The second kappa shape index (κ2) is 7.43. The predicted molar refractivity (Wildman–Crippen MR) is 98.5 cm³/mol. The van der Waals surface area contributed by atoms with Gasteiger partial charge in [-0.05, 0) is 48.9 Å². The zero-order valence-electron chi connectivity index (χ0n) is 13.9. The summed E-state index contributed by atoms with van der Waals surface area (Å²) in [4.78, 5) is 36.5. The van der Waals surface area contributed by atoms with Crippen LogP contribution in [-0.4, -0.2) is 16.7 Å². The van der Waals surface area contributed by atoms with E-state index >= 15 is 0 Å². The molecule has 0 aliphatic heterocycles. The van der Waals surface area contributed by atoms with E-state index in [1.54, 1.807) is 0 Å². The summed E-state index contributed by atoms with van der Waals surface area (Å²) in [6, 6.07) is 5.56. The average Bonchev–Trinajstić information content (AvgIpc) is 3.02. The molecule has 0 spiro atoms. The number of carbonyl (C=O) groups is 2. The smallest absolute Gasteiger partial charge is 0.267 e. The van der Waals surface area contributed by atoms with E-state index in [0.717, 1.165) is 25.3 Å². The Morgan fingerprint density at radius 2 is 2.00 bits per heavy atom. The maximum Gasteiger partial charge on any atom is 0.283 e. The number of nitrogens with zero attached hydrogens (tertiary/aromatic N) is 1. The first-order valence-electron chi connectivity index (χ1n) is 8.01. The topological polar surface area (TPSA) is 101 Å². The normalized spacial score (nSPS) is 15.8. The van der Waals surface area contributed by atoms with E-state index in [-0.39, 0.29) is 10.6 Å². The zero-order valence-corrected chi connectivity index (χ0v) is 15.4. The van der Waals surface area contributed by atoms with Gasteiger partial charge in [0.05, 0.1) is 9.80 Å². The average molecular weight is 394 g/mol. The number of thiophene rings is 1. The summed E-state index contributed by atoms with van der Waals surface area (Å²) in [5.74, 6) is -0.628. The summed E-state index contributed by atoms with van der Waals surface area (Å²) in [7, 11) is 0. The molecule has 1 aromatic heterocycles. The molecule has 0 radical (unpaired) electrons. The second-order valence-corrected chi connectivity index (χ2v) is 7.81. The molecule has 1 aliphatic carbocycles. The summed E-state index contributed by atoms with van der Waals surface area (Å²) >= 11 is 7.14. The van der Waals surface area contributed by atoms with Crippen LogP contribution in [0.3, 0.4) is 0 Å². The van der Waals surface area contributed by atoms with E-state index < -0.39 is 22.4 Å². The third-order valence-corrected chi connectivity index (χ3v) is 5.71. The van der Waals surface area contributed by atoms with Crippen molar-refractivity contribution in [2.75, 3.05) is 0 Å². The Kier molecular flexibility index (Phi) is 5.24. The number of nitro groups is 1. The van der Waals surface area contributed by atoms with E-state index in [4.69, 9.17) is 11.6 Å². The molecule has 3 rings (SSSR count). The highest BCUT2D eigenvalue weighted by Gasteiger charge is 2.23. The number of rotatable bonds is 3. The molecule has 0 unspecified atom stereocenters. The van der Waals surface area contributed by atoms with Crippen molar-refractivity contribution in [1.82, 2.24) is 10.9 Å². The molecule has 2 amide bonds. The Morgan fingerprint density at radius 1 is 1.27 bits per heavy atom. The summed E-state index contributed by atoms with van der Waals surface area (Å²) in [6.07, 6.45) is 3.01. The number of hydrogen-bond acceptors (Lipinski definition) is 5. The molecule has 26 heavy (non-hydrogen) atoms. The Labute approximate surface area is 158 Å². The van der Waals surface area contributed by atoms with Gasteiger partial charge in [-0.2, -0.15) is 0 Å². The van der Waals surface area contributed by atoms with Crippen LogP contribution in [0.15, 0.2) is 24.3 Å². The van der Waals surface area contributed by atoms with Crippen molar-refractivity contribution in [1.29, 1.82) is 0 Å². The Hall–Kier alpha value is -2.45. The molecule has 1 aromatic carbocycles. The Balaban J connectivity index is 1.69. The van der Waals surface area contributed by atoms with E-state index in [2.05, 4.69) is 17.8 Å². The molecular weight excluding hydrogens is 378 g/mol. The van der Waals surface area contributed by atoms with E-state index in [0.29, 0.717) is 10.8 Å². The van der Waals surface area contributed by atoms with Gasteiger partial charge < -0.3 is 0 Å². The van der Waals surface area contributed by atoms with Crippen molar-refractivity contribution < 1.29 is 14.5 Å². The fourth-order valence-corrected chi connectivity index (χ4v) is 4.18. The lowest BCUT2D eigenvalue weighted by Gasteiger charge is -2.16. The summed E-state index contributed by atoms with van der Waals surface area (Å²) < 4.78 is 0. The molecule has 2 N–H and O–H groups in total. The maximum absolute atomic E-state index is 12.3. The van der Waals surface area contributed by atoms with Gasteiger partial charge in [0.2, 0.25) is 0 Å². The first-order chi connectivity index (χ1) is 12.3. The second-order valence-electron chi connectivity index (χ2n) is 6.23. The molecule has 0 bridgehead atoms. The number of halogens is 1. The fourth-order valence-electron chi connectivity index (χ4n) is 2.91. The van der Waals surface area contributed by atoms with Crippen molar-refractivity contribution in [3.8, 4) is 0 Å². The first kappa shape index (κ1) is 18.3. The van der Waals surface area contributed by atoms with Gasteiger partial charge in [0.1, 0.15) is 5.56 Å². The van der Waals surface area contributed by atoms with Gasteiger partial charge in [0, 0.05) is 16.0 Å². The fraction of sp³-hybridized carbons (Fsp3) is 0.294. The van der Waals surface area contributed by atoms with Crippen molar-refractivity contribution >= 4 is 40.4 Å². The molecule has 1 aliphatic rings. The highest BCUT2D eigenvalue weighted by molar-refractivity contribution is 7.14. The molecule has 1 heterocycles. The van der Waals surface area contributed by atoms with E-state index in [1.807, 2.05) is 6.07 Å². The highest BCUT2D eigenvalue weighted by Crippen LogP contribution is 2.32. The van der Waals surface area contributed by atoms with E-state index in [1.165, 1.54) is 33.9 Å². The Morgan fingerprint density at radius 3 is 2.73 bits per heavy atom. The van der Waals surface area contributed by atoms with Crippen LogP contribution >= 0.6 is 22.9 Å². The van der Waals surface area contributed by atoms with Crippen LogP contribution in [0.25, 0.3) is 0 Å². The lowest BCUT2D eigenvalue weighted by atomic mass is 9.90. The number of fused-ring (bicyclic) bond motifs is 1.